The number of halogens is 1. The molecule has 0 bridgehead atoms. The third-order valence-electron chi connectivity index (χ3n) is 7.23. The lowest BCUT2D eigenvalue weighted by atomic mass is 9.98. The van der Waals surface area contributed by atoms with Crippen molar-refractivity contribution in [3.05, 3.63) is 101 Å². The molecule has 5 rings (SSSR count). The summed E-state index contributed by atoms with van der Waals surface area (Å²) < 4.78 is 12.2. The number of carboxylic acid groups (broad SMARTS) is 1. The summed E-state index contributed by atoms with van der Waals surface area (Å²) in [5, 5.41) is 39.3. The van der Waals surface area contributed by atoms with Gasteiger partial charge in [0.2, 0.25) is 12.1 Å². The van der Waals surface area contributed by atoms with Crippen LogP contribution >= 0.6 is 11.6 Å². The molecular formula is C32H32ClN7O8. The molecule has 0 radical (unpaired) electrons. The molecular weight excluding hydrogens is 646 g/mol. The highest BCUT2D eigenvalue weighted by Gasteiger charge is 2.22. The lowest BCUT2D eigenvalue weighted by Crippen LogP contribution is -2.19. The molecule has 0 spiro atoms. The molecule has 2 heterocycles. The van der Waals surface area contributed by atoms with Crippen LogP contribution in [0, 0.1) is 0 Å². The number of carboxylic acids is 1. The van der Waals surface area contributed by atoms with Crippen molar-refractivity contribution in [3.63, 3.8) is 0 Å². The summed E-state index contributed by atoms with van der Waals surface area (Å²) in [4.78, 5) is 34.3. The molecule has 16 heteroatoms. The average Bonchev–Trinajstić information content (AvgIpc) is 3.68. The van der Waals surface area contributed by atoms with Crippen LogP contribution in [0.4, 0.5) is 4.79 Å². The summed E-state index contributed by atoms with van der Waals surface area (Å²) in [5.41, 5.74) is 3.83. The van der Waals surface area contributed by atoms with Gasteiger partial charge in [0.05, 0.1) is 12.0 Å². The number of benzene rings is 3. The van der Waals surface area contributed by atoms with Gasteiger partial charge < -0.3 is 19.1 Å². The van der Waals surface area contributed by atoms with E-state index in [1.54, 1.807) is 23.6 Å². The van der Waals surface area contributed by atoms with Crippen molar-refractivity contribution in [1.29, 1.82) is 0 Å². The fourth-order valence-corrected chi connectivity index (χ4v) is 5.13. The van der Waals surface area contributed by atoms with Crippen molar-refractivity contribution in [2.24, 2.45) is 0 Å². The van der Waals surface area contributed by atoms with E-state index >= 15 is 0 Å². The van der Waals surface area contributed by atoms with E-state index in [1.165, 1.54) is 12.1 Å². The number of rotatable bonds is 14. The van der Waals surface area contributed by atoms with E-state index in [4.69, 9.17) is 31.5 Å². The molecule has 3 aromatic carbocycles. The first-order chi connectivity index (χ1) is 23.1. The Balaban J connectivity index is 1.26. The number of hydrogen-bond donors (Lipinski definition) is 3. The zero-order valence-corrected chi connectivity index (χ0v) is 26.7. The molecule has 0 saturated carbocycles. The maximum atomic E-state index is 12.4. The highest BCUT2D eigenvalue weighted by molar-refractivity contribution is 6.32. The van der Waals surface area contributed by atoms with Crippen molar-refractivity contribution < 1.29 is 39.4 Å². The SMILES string of the molecule is CCCCc1nc(Cl)c(C(=O)O)n1Cc1ccc(-c2ccccc2-c2nnn(C(C)OC(=O)Oc3ccc(CON(O)O)cc3)n2)cc1. The number of aromatic nitrogens is 6. The highest BCUT2D eigenvalue weighted by Crippen LogP contribution is 2.31. The monoisotopic (exact) mass is 677 g/mol. The van der Waals surface area contributed by atoms with Gasteiger partial charge in [0.25, 0.3) is 0 Å². The molecule has 0 aliphatic heterocycles. The van der Waals surface area contributed by atoms with Gasteiger partial charge in [-0.2, -0.15) is 0 Å². The topological polar surface area (TPSA) is 187 Å². The van der Waals surface area contributed by atoms with Crippen LogP contribution in [0.5, 0.6) is 5.75 Å². The Bertz CT molecular complexity index is 1860. The van der Waals surface area contributed by atoms with E-state index in [9.17, 15) is 14.7 Å². The normalized spacial score (nSPS) is 11.9. The summed E-state index contributed by atoms with van der Waals surface area (Å²) in [6, 6.07) is 21.3. The van der Waals surface area contributed by atoms with Gasteiger partial charge in [-0.15, -0.1) is 15.0 Å². The molecule has 5 aromatic rings. The van der Waals surface area contributed by atoms with Gasteiger partial charge >= 0.3 is 12.1 Å². The van der Waals surface area contributed by atoms with Crippen molar-refractivity contribution in [3.8, 4) is 28.3 Å². The van der Waals surface area contributed by atoms with Crippen LogP contribution in [0.2, 0.25) is 5.15 Å². The Morgan fingerprint density at radius 1 is 0.979 bits per heavy atom. The van der Waals surface area contributed by atoms with Crippen LogP contribution in [0.15, 0.2) is 72.8 Å². The molecule has 48 heavy (non-hydrogen) atoms. The van der Waals surface area contributed by atoms with Crippen molar-refractivity contribution >= 4 is 23.7 Å². The number of ether oxygens (including phenoxy) is 2. The van der Waals surface area contributed by atoms with Gasteiger partial charge in [-0.25, -0.2) is 19.4 Å². The van der Waals surface area contributed by atoms with E-state index in [0.717, 1.165) is 34.3 Å². The minimum Gasteiger partial charge on any atom is -0.476 e. The lowest BCUT2D eigenvalue weighted by Gasteiger charge is -2.12. The third-order valence-corrected chi connectivity index (χ3v) is 7.49. The summed E-state index contributed by atoms with van der Waals surface area (Å²) in [7, 11) is 0. The fraction of sp³-hybridized carbons (Fsp3) is 0.250. The predicted molar refractivity (Wildman–Crippen MR) is 169 cm³/mol. The van der Waals surface area contributed by atoms with Crippen LogP contribution in [0.25, 0.3) is 22.5 Å². The summed E-state index contributed by atoms with van der Waals surface area (Å²) in [6.45, 7) is 3.80. The molecule has 0 aliphatic carbocycles. The first-order valence-corrected chi connectivity index (χ1v) is 15.2. The van der Waals surface area contributed by atoms with Crippen molar-refractivity contribution in [2.75, 3.05) is 0 Å². The Kier molecular flexibility index (Phi) is 11.1. The number of imidazole rings is 1. The number of hydrogen-bond acceptors (Lipinski definition) is 12. The number of unbranched alkanes of at least 4 members (excludes halogenated alkanes) is 1. The molecule has 15 nitrogen and oxygen atoms in total. The zero-order valence-electron chi connectivity index (χ0n) is 25.9. The Labute approximate surface area is 279 Å². The molecule has 1 unspecified atom stereocenters. The molecule has 1 atom stereocenters. The Hall–Kier alpha value is -5.19. The van der Waals surface area contributed by atoms with E-state index in [0.29, 0.717) is 35.7 Å². The number of carbonyl (C=O) groups excluding carboxylic acids is 1. The maximum absolute atomic E-state index is 12.4. The molecule has 250 valence electrons. The lowest BCUT2D eigenvalue weighted by molar-refractivity contribution is -0.497. The van der Waals surface area contributed by atoms with Gasteiger partial charge in [0.1, 0.15) is 11.6 Å². The number of aryl methyl sites for hydroxylation is 1. The van der Waals surface area contributed by atoms with E-state index < -0.39 is 23.7 Å². The standard InChI is InChI=1S/C32H32ClN7O8/c1-3-4-9-27-34-29(33)28(31(41)42)38(27)18-21-10-14-23(15-11-21)25-7-5-6-8-26(25)30-35-37-39(36-30)20(2)47-32(43)48-24-16-12-22(13-17-24)19-46-40(44)45/h5-8,10-17,20,44-45H,3-4,9,18-19H2,1-2H3,(H,41,42). The second-order valence-corrected chi connectivity index (χ2v) is 10.9. The summed E-state index contributed by atoms with van der Waals surface area (Å²) >= 11 is 6.19. The van der Waals surface area contributed by atoms with Crippen molar-refractivity contribution in [1.82, 2.24) is 35.1 Å². The largest absolute Gasteiger partial charge is 0.515 e. The van der Waals surface area contributed by atoms with Gasteiger partial charge in [-0.05, 0) is 52.9 Å². The average molecular weight is 678 g/mol. The Morgan fingerprint density at radius 2 is 1.67 bits per heavy atom. The van der Waals surface area contributed by atoms with Gasteiger partial charge in [-0.1, -0.05) is 85.6 Å². The summed E-state index contributed by atoms with van der Waals surface area (Å²) in [6.07, 6.45) is 0.478. The van der Waals surface area contributed by atoms with Crippen LogP contribution < -0.4 is 4.74 Å². The van der Waals surface area contributed by atoms with Gasteiger partial charge in [0, 0.05) is 18.5 Å². The second kappa shape index (κ2) is 15.6. The quantitative estimate of drug-likeness (QED) is 0.0686. The number of tetrazole rings is 1. The van der Waals surface area contributed by atoms with Gasteiger partial charge in [-0.3, -0.25) is 10.4 Å². The first kappa shape index (κ1) is 34.2. The number of nitrogens with zero attached hydrogens (tertiary/aromatic N) is 7. The highest BCUT2D eigenvalue weighted by atomic mass is 35.5. The minimum atomic E-state index is -1.13. The first-order valence-electron chi connectivity index (χ1n) is 14.9. The predicted octanol–water partition coefficient (Wildman–Crippen LogP) is 6.19. The van der Waals surface area contributed by atoms with E-state index in [-0.39, 0.29) is 23.2 Å². The zero-order chi connectivity index (χ0) is 34.2. The van der Waals surface area contributed by atoms with Gasteiger partial charge in [0.15, 0.2) is 10.8 Å². The van der Waals surface area contributed by atoms with E-state index in [1.807, 2.05) is 48.5 Å². The molecule has 0 fully saturated rings. The molecule has 0 amide bonds. The smallest absolute Gasteiger partial charge is 0.476 e. The van der Waals surface area contributed by atoms with Crippen molar-refractivity contribution in [2.45, 2.75) is 52.5 Å². The van der Waals surface area contributed by atoms with Crippen LogP contribution in [0.1, 0.15) is 60.4 Å². The Morgan fingerprint density at radius 3 is 2.33 bits per heavy atom. The second-order valence-electron chi connectivity index (χ2n) is 10.6. The number of carbonyl (C=O) groups is 2. The minimum absolute atomic E-state index is 0.0191. The summed E-state index contributed by atoms with van der Waals surface area (Å²) in [5.74, 6) is 0.00654. The van der Waals surface area contributed by atoms with E-state index in [2.05, 4.69) is 32.2 Å². The fourth-order valence-electron chi connectivity index (χ4n) is 4.85. The molecule has 3 N–H and O–H groups in total. The maximum Gasteiger partial charge on any atom is 0.515 e. The molecule has 0 saturated heterocycles. The van der Waals surface area contributed by atoms with Crippen LogP contribution in [-0.4, -0.2) is 62.8 Å². The molecule has 0 aliphatic rings. The number of aromatic carboxylic acids is 1. The molecule has 2 aromatic heterocycles. The third kappa shape index (κ3) is 8.39. The van der Waals surface area contributed by atoms with Crippen LogP contribution in [-0.2, 0) is 29.1 Å². The van der Waals surface area contributed by atoms with Crippen LogP contribution in [0.3, 0.4) is 0 Å².